The molecule has 2 aromatic carbocycles. The van der Waals surface area contributed by atoms with Crippen LogP contribution < -0.4 is 0 Å². The van der Waals surface area contributed by atoms with Gasteiger partial charge in [0, 0.05) is 10.0 Å². The molecular weight excluding hydrogens is 345 g/mol. The highest BCUT2D eigenvalue weighted by atomic mass is 79.9. The lowest BCUT2D eigenvalue weighted by Crippen LogP contribution is -2.04. The van der Waals surface area contributed by atoms with Gasteiger partial charge in [-0.2, -0.15) is 13.2 Å². The second-order valence-electron chi connectivity index (χ2n) is 4.33. The van der Waals surface area contributed by atoms with Gasteiger partial charge >= 0.3 is 6.18 Å². The number of carbonyl (C=O) groups is 1. The third-order valence-electron chi connectivity index (χ3n) is 2.77. The molecule has 0 N–H and O–H groups in total. The van der Waals surface area contributed by atoms with Gasteiger partial charge in [0.25, 0.3) is 0 Å². The number of hydrogen-bond donors (Lipinski definition) is 0. The van der Waals surface area contributed by atoms with Gasteiger partial charge in [0.2, 0.25) is 0 Å². The minimum atomic E-state index is -4.39. The molecule has 0 radical (unpaired) electrons. The van der Waals surface area contributed by atoms with E-state index in [9.17, 15) is 18.0 Å². The molecule has 21 heavy (non-hydrogen) atoms. The Morgan fingerprint density at radius 1 is 1.05 bits per heavy atom. The average molecular weight is 355 g/mol. The van der Waals surface area contributed by atoms with Crippen LogP contribution in [0.2, 0.25) is 0 Å². The summed E-state index contributed by atoms with van der Waals surface area (Å²) in [6.45, 7) is 0. The summed E-state index contributed by atoms with van der Waals surface area (Å²) < 4.78 is 38.6. The highest BCUT2D eigenvalue weighted by Gasteiger charge is 2.30. The molecule has 2 rings (SSSR count). The van der Waals surface area contributed by atoms with Gasteiger partial charge in [0.15, 0.2) is 5.78 Å². The zero-order chi connectivity index (χ0) is 15.5. The molecule has 0 spiro atoms. The van der Waals surface area contributed by atoms with E-state index in [0.29, 0.717) is 11.1 Å². The molecule has 0 fully saturated rings. The lowest BCUT2D eigenvalue weighted by molar-refractivity contribution is -0.137. The van der Waals surface area contributed by atoms with Crippen LogP contribution in [-0.2, 0) is 6.18 Å². The second-order valence-corrected chi connectivity index (χ2v) is 5.24. The van der Waals surface area contributed by atoms with Crippen molar-refractivity contribution in [3.8, 4) is 0 Å². The first-order valence-corrected chi connectivity index (χ1v) is 6.81. The van der Waals surface area contributed by atoms with Gasteiger partial charge in [-0.05, 0) is 48.0 Å². The predicted molar refractivity (Wildman–Crippen MR) is 79.0 cm³/mol. The number of hydrogen-bond acceptors (Lipinski definition) is 1. The zero-order valence-electron chi connectivity index (χ0n) is 10.7. The number of allylic oxidation sites excluding steroid dienone is 1. The van der Waals surface area contributed by atoms with Crippen LogP contribution in [-0.4, -0.2) is 5.78 Å². The second kappa shape index (κ2) is 6.26. The van der Waals surface area contributed by atoms with Crippen molar-refractivity contribution in [1.82, 2.24) is 0 Å². The Labute approximate surface area is 128 Å². The minimum absolute atomic E-state index is 0.264. The van der Waals surface area contributed by atoms with Crippen LogP contribution in [0.5, 0.6) is 0 Å². The van der Waals surface area contributed by atoms with Gasteiger partial charge in [0.05, 0.1) is 5.56 Å². The van der Waals surface area contributed by atoms with Gasteiger partial charge < -0.3 is 0 Å². The summed E-state index contributed by atoms with van der Waals surface area (Å²) in [6, 6.07) is 11.6. The fourth-order valence-electron chi connectivity index (χ4n) is 1.70. The van der Waals surface area contributed by atoms with Gasteiger partial charge in [-0.15, -0.1) is 0 Å². The molecule has 108 valence electrons. The molecule has 0 heterocycles. The highest BCUT2D eigenvalue weighted by molar-refractivity contribution is 9.10. The molecule has 0 aliphatic heterocycles. The molecule has 0 saturated heterocycles. The molecule has 0 aromatic heterocycles. The van der Waals surface area contributed by atoms with E-state index in [1.165, 1.54) is 24.3 Å². The average Bonchev–Trinajstić information content (AvgIpc) is 2.45. The fraction of sp³-hybridized carbons (Fsp3) is 0.0625. The number of carbonyl (C=O) groups excluding carboxylic acids is 1. The molecule has 2 aromatic rings. The zero-order valence-corrected chi connectivity index (χ0v) is 12.3. The van der Waals surface area contributed by atoms with Gasteiger partial charge in [-0.1, -0.05) is 34.1 Å². The van der Waals surface area contributed by atoms with Crippen LogP contribution in [0, 0.1) is 0 Å². The van der Waals surface area contributed by atoms with Crippen LogP contribution in [0.15, 0.2) is 59.1 Å². The number of halogens is 4. The van der Waals surface area contributed by atoms with Crippen molar-refractivity contribution in [2.24, 2.45) is 0 Å². The van der Waals surface area contributed by atoms with Crippen molar-refractivity contribution < 1.29 is 18.0 Å². The largest absolute Gasteiger partial charge is 0.416 e. The molecule has 0 unspecified atom stereocenters. The minimum Gasteiger partial charge on any atom is -0.289 e. The molecule has 0 aliphatic rings. The normalized spacial score (nSPS) is 11.8. The molecule has 0 atom stereocenters. The van der Waals surface area contributed by atoms with Crippen molar-refractivity contribution in [3.63, 3.8) is 0 Å². The topological polar surface area (TPSA) is 17.1 Å². The van der Waals surface area contributed by atoms with Crippen LogP contribution in [0.4, 0.5) is 13.2 Å². The SMILES string of the molecule is O=C(C=Cc1cccc(C(F)(F)F)c1)c1ccc(Br)cc1. The van der Waals surface area contributed by atoms with E-state index in [4.69, 9.17) is 0 Å². The first-order valence-electron chi connectivity index (χ1n) is 6.01. The number of rotatable bonds is 3. The third kappa shape index (κ3) is 4.29. The smallest absolute Gasteiger partial charge is 0.289 e. The van der Waals surface area contributed by atoms with Crippen molar-refractivity contribution in [1.29, 1.82) is 0 Å². The lowest BCUT2D eigenvalue weighted by Gasteiger charge is -2.06. The summed E-state index contributed by atoms with van der Waals surface area (Å²) >= 11 is 3.26. The predicted octanol–water partition coefficient (Wildman–Crippen LogP) is 5.36. The Balaban J connectivity index is 2.17. The van der Waals surface area contributed by atoms with E-state index in [0.717, 1.165) is 16.6 Å². The Kier molecular flexibility index (Phi) is 4.63. The molecule has 1 nitrogen and oxygen atoms in total. The quantitative estimate of drug-likeness (QED) is 0.535. The molecule has 0 bridgehead atoms. The molecule has 0 aliphatic carbocycles. The van der Waals surface area contributed by atoms with E-state index >= 15 is 0 Å². The van der Waals surface area contributed by atoms with Crippen molar-refractivity contribution in [3.05, 3.63) is 75.8 Å². The van der Waals surface area contributed by atoms with E-state index in [2.05, 4.69) is 15.9 Å². The van der Waals surface area contributed by atoms with E-state index in [1.54, 1.807) is 24.3 Å². The first-order chi connectivity index (χ1) is 9.86. The third-order valence-corrected chi connectivity index (χ3v) is 3.30. The number of benzene rings is 2. The summed E-state index contributed by atoms with van der Waals surface area (Å²) in [7, 11) is 0. The monoisotopic (exact) mass is 354 g/mol. The van der Waals surface area contributed by atoms with Crippen molar-refractivity contribution in [2.75, 3.05) is 0 Å². The van der Waals surface area contributed by atoms with Gasteiger partial charge in [-0.3, -0.25) is 4.79 Å². The van der Waals surface area contributed by atoms with Crippen LogP contribution in [0.3, 0.4) is 0 Å². The maximum absolute atomic E-state index is 12.6. The van der Waals surface area contributed by atoms with Gasteiger partial charge in [0.1, 0.15) is 0 Å². The summed E-state index contributed by atoms with van der Waals surface area (Å²) in [6.07, 6.45) is -1.75. The standard InChI is InChI=1S/C16H10BrF3O/c17-14-7-5-12(6-8-14)15(21)9-4-11-2-1-3-13(10-11)16(18,19)20/h1-10H. The summed E-state index contributed by atoms with van der Waals surface area (Å²) in [5.41, 5.74) is 0.0671. The lowest BCUT2D eigenvalue weighted by atomic mass is 10.1. The molecule has 0 amide bonds. The molecule has 0 saturated carbocycles. The number of ketones is 1. The van der Waals surface area contributed by atoms with Crippen molar-refractivity contribution in [2.45, 2.75) is 6.18 Å². The number of alkyl halides is 3. The fourth-order valence-corrected chi connectivity index (χ4v) is 1.97. The first kappa shape index (κ1) is 15.5. The Bertz CT molecular complexity index is 673. The van der Waals surface area contributed by atoms with Crippen LogP contribution >= 0.6 is 15.9 Å². The Morgan fingerprint density at radius 3 is 2.33 bits per heavy atom. The van der Waals surface area contributed by atoms with Crippen LogP contribution in [0.1, 0.15) is 21.5 Å². The maximum Gasteiger partial charge on any atom is 0.416 e. The summed E-state index contributed by atoms with van der Waals surface area (Å²) in [5, 5.41) is 0. The highest BCUT2D eigenvalue weighted by Crippen LogP contribution is 2.29. The Morgan fingerprint density at radius 2 is 1.71 bits per heavy atom. The van der Waals surface area contributed by atoms with Crippen LogP contribution in [0.25, 0.3) is 6.08 Å². The summed E-state index contributed by atoms with van der Waals surface area (Å²) in [4.78, 5) is 11.9. The molecule has 5 heteroatoms. The Hall–Kier alpha value is -1.88. The van der Waals surface area contributed by atoms with Gasteiger partial charge in [-0.25, -0.2) is 0 Å². The van der Waals surface area contributed by atoms with E-state index < -0.39 is 11.7 Å². The van der Waals surface area contributed by atoms with E-state index in [1.807, 2.05) is 0 Å². The maximum atomic E-state index is 12.6. The van der Waals surface area contributed by atoms with E-state index in [-0.39, 0.29) is 5.78 Å². The summed E-state index contributed by atoms with van der Waals surface area (Å²) in [5.74, 6) is -0.264. The molecular formula is C16H10BrF3O. The van der Waals surface area contributed by atoms with Crippen molar-refractivity contribution >= 4 is 27.8 Å².